The van der Waals surface area contributed by atoms with Crippen molar-refractivity contribution in [2.45, 2.75) is 45.6 Å². The summed E-state index contributed by atoms with van der Waals surface area (Å²) in [6.07, 6.45) is 5.56. The Labute approximate surface area is 135 Å². The average Bonchev–Trinajstić information content (AvgIpc) is 2.98. The van der Waals surface area contributed by atoms with Gasteiger partial charge in [-0.1, -0.05) is 50.1 Å². The second kappa shape index (κ2) is 6.77. The maximum atomic E-state index is 12.3. The molecule has 120 valence electrons. The normalized spacial score (nSPS) is 12.6. The van der Waals surface area contributed by atoms with E-state index >= 15 is 0 Å². The van der Waals surface area contributed by atoms with Crippen LogP contribution >= 0.6 is 0 Å². The van der Waals surface area contributed by atoms with Crippen molar-refractivity contribution < 1.29 is 0 Å². The van der Waals surface area contributed by atoms with Crippen LogP contribution in [0.1, 0.15) is 50.5 Å². The molecular weight excluding hydrogens is 288 g/mol. The Morgan fingerprint density at radius 1 is 1.26 bits per heavy atom. The maximum Gasteiger partial charge on any atom is 0.262 e. The van der Waals surface area contributed by atoms with Crippen LogP contribution < -0.4 is 5.56 Å². The van der Waals surface area contributed by atoms with Gasteiger partial charge in [0.25, 0.3) is 5.56 Å². The molecule has 23 heavy (non-hydrogen) atoms. The number of hydrogen-bond acceptors (Lipinski definition) is 3. The SMILES string of the molecule is CCCCC(C)n1ncc2c(=O)[nH]c(Cc3ccccc3)nc21. The first-order valence-corrected chi connectivity index (χ1v) is 8.19. The predicted octanol–water partition coefficient (Wildman–Crippen LogP) is 3.46. The number of aromatic nitrogens is 4. The quantitative estimate of drug-likeness (QED) is 0.758. The Morgan fingerprint density at radius 3 is 2.78 bits per heavy atom. The van der Waals surface area contributed by atoms with E-state index in [1.807, 2.05) is 35.0 Å². The summed E-state index contributed by atoms with van der Waals surface area (Å²) in [4.78, 5) is 19.8. The van der Waals surface area contributed by atoms with Crippen LogP contribution in [0.3, 0.4) is 0 Å². The predicted molar refractivity (Wildman–Crippen MR) is 91.6 cm³/mol. The van der Waals surface area contributed by atoms with Gasteiger partial charge in [-0.3, -0.25) is 4.79 Å². The number of unbranched alkanes of at least 4 members (excludes halogenated alkanes) is 1. The smallest absolute Gasteiger partial charge is 0.262 e. The highest BCUT2D eigenvalue weighted by molar-refractivity contribution is 5.73. The largest absolute Gasteiger partial charge is 0.310 e. The summed E-state index contributed by atoms with van der Waals surface area (Å²) in [6.45, 7) is 4.30. The van der Waals surface area contributed by atoms with Gasteiger partial charge in [-0.25, -0.2) is 9.67 Å². The lowest BCUT2D eigenvalue weighted by Gasteiger charge is -2.12. The molecule has 0 amide bonds. The maximum absolute atomic E-state index is 12.3. The Bertz CT molecular complexity index is 835. The standard InChI is InChI=1S/C18H22N4O/c1-3-4-8-13(2)22-17-15(12-19-22)18(23)21-16(20-17)11-14-9-6-5-7-10-14/h5-7,9-10,12-13H,3-4,8,11H2,1-2H3,(H,20,21,23). The van der Waals surface area contributed by atoms with Gasteiger partial charge in [0.15, 0.2) is 5.65 Å². The molecule has 3 rings (SSSR count). The molecule has 2 aromatic heterocycles. The molecule has 2 heterocycles. The lowest BCUT2D eigenvalue weighted by Crippen LogP contribution is -2.14. The minimum absolute atomic E-state index is 0.116. The number of nitrogens with zero attached hydrogens (tertiary/aromatic N) is 3. The Kier molecular flexibility index (Phi) is 4.55. The second-order valence-corrected chi connectivity index (χ2v) is 5.99. The number of aromatic amines is 1. The molecule has 3 aromatic rings. The first kappa shape index (κ1) is 15.5. The second-order valence-electron chi connectivity index (χ2n) is 5.99. The van der Waals surface area contributed by atoms with E-state index in [2.05, 4.69) is 28.9 Å². The van der Waals surface area contributed by atoms with E-state index in [0.717, 1.165) is 24.8 Å². The topological polar surface area (TPSA) is 63.6 Å². The molecular formula is C18H22N4O. The van der Waals surface area contributed by atoms with Gasteiger partial charge < -0.3 is 4.98 Å². The van der Waals surface area contributed by atoms with E-state index in [-0.39, 0.29) is 11.6 Å². The number of H-pyrrole nitrogens is 1. The molecule has 0 aliphatic heterocycles. The molecule has 0 aliphatic carbocycles. The monoisotopic (exact) mass is 310 g/mol. The van der Waals surface area contributed by atoms with Crippen molar-refractivity contribution in [2.24, 2.45) is 0 Å². The van der Waals surface area contributed by atoms with E-state index in [9.17, 15) is 4.79 Å². The first-order chi connectivity index (χ1) is 11.2. The third-order valence-corrected chi connectivity index (χ3v) is 4.12. The number of hydrogen-bond donors (Lipinski definition) is 1. The number of nitrogens with one attached hydrogen (secondary N) is 1. The zero-order chi connectivity index (χ0) is 16.2. The summed E-state index contributed by atoms with van der Waals surface area (Å²) in [5.41, 5.74) is 1.69. The van der Waals surface area contributed by atoms with Gasteiger partial charge in [-0.05, 0) is 18.9 Å². The molecule has 5 heteroatoms. The van der Waals surface area contributed by atoms with Crippen molar-refractivity contribution >= 4 is 11.0 Å². The summed E-state index contributed by atoms with van der Waals surface area (Å²) in [5.74, 6) is 0.679. The third-order valence-electron chi connectivity index (χ3n) is 4.12. The van der Waals surface area contributed by atoms with Gasteiger partial charge in [0.2, 0.25) is 0 Å². The van der Waals surface area contributed by atoms with Crippen molar-refractivity contribution in [3.05, 3.63) is 58.3 Å². The fourth-order valence-corrected chi connectivity index (χ4v) is 2.80. The van der Waals surface area contributed by atoms with Crippen LogP contribution in [-0.4, -0.2) is 19.7 Å². The first-order valence-electron chi connectivity index (χ1n) is 8.19. The van der Waals surface area contributed by atoms with Crippen LogP contribution in [0.5, 0.6) is 0 Å². The molecule has 1 unspecified atom stereocenters. The molecule has 1 aromatic carbocycles. The number of fused-ring (bicyclic) bond motifs is 1. The van der Waals surface area contributed by atoms with Crippen molar-refractivity contribution in [3.8, 4) is 0 Å². The molecule has 0 saturated carbocycles. The van der Waals surface area contributed by atoms with E-state index in [0.29, 0.717) is 23.3 Å². The molecule has 5 nitrogen and oxygen atoms in total. The van der Waals surface area contributed by atoms with Crippen LogP contribution in [-0.2, 0) is 6.42 Å². The van der Waals surface area contributed by atoms with E-state index in [1.165, 1.54) is 0 Å². The van der Waals surface area contributed by atoms with Gasteiger partial charge >= 0.3 is 0 Å². The minimum atomic E-state index is -0.116. The van der Waals surface area contributed by atoms with Gasteiger partial charge in [0.05, 0.1) is 12.2 Å². The number of benzene rings is 1. The van der Waals surface area contributed by atoms with Crippen LogP contribution in [0.2, 0.25) is 0 Å². The molecule has 0 fully saturated rings. The summed E-state index contributed by atoms with van der Waals surface area (Å²) in [6, 6.07) is 10.3. The molecule has 1 atom stereocenters. The van der Waals surface area contributed by atoms with E-state index in [4.69, 9.17) is 0 Å². The van der Waals surface area contributed by atoms with Crippen molar-refractivity contribution in [3.63, 3.8) is 0 Å². The van der Waals surface area contributed by atoms with Crippen LogP contribution in [0.25, 0.3) is 11.0 Å². The van der Waals surface area contributed by atoms with Gasteiger partial charge in [0.1, 0.15) is 11.2 Å². The Balaban J connectivity index is 1.97. The molecule has 1 N–H and O–H groups in total. The van der Waals surface area contributed by atoms with Gasteiger partial charge in [0, 0.05) is 6.42 Å². The van der Waals surface area contributed by atoms with Gasteiger partial charge in [-0.15, -0.1) is 0 Å². The summed E-state index contributed by atoms with van der Waals surface area (Å²) in [5, 5.41) is 4.95. The molecule has 0 radical (unpaired) electrons. The highest BCUT2D eigenvalue weighted by Crippen LogP contribution is 2.18. The van der Waals surface area contributed by atoms with Crippen molar-refractivity contribution in [1.82, 2.24) is 19.7 Å². The summed E-state index contributed by atoms with van der Waals surface area (Å²) in [7, 11) is 0. The van der Waals surface area contributed by atoms with Crippen molar-refractivity contribution in [2.75, 3.05) is 0 Å². The molecule has 0 bridgehead atoms. The summed E-state index contributed by atoms with van der Waals surface area (Å²) < 4.78 is 1.88. The lowest BCUT2D eigenvalue weighted by atomic mass is 10.1. The molecule has 0 spiro atoms. The average molecular weight is 310 g/mol. The van der Waals surface area contributed by atoms with Crippen molar-refractivity contribution in [1.29, 1.82) is 0 Å². The Hall–Kier alpha value is -2.43. The molecule has 0 aliphatic rings. The lowest BCUT2D eigenvalue weighted by molar-refractivity contribution is 0.453. The molecule has 0 saturated heterocycles. The number of rotatable bonds is 6. The van der Waals surface area contributed by atoms with E-state index in [1.54, 1.807) is 6.20 Å². The van der Waals surface area contributed by atoms with Crippen LogP contribution in [0.4, 0.5) is 0 Å². The van der Waals surface area contributed by atoms with Gasteiger partial charge in [-0.2, -0.15) is 5.10 Å². The van der Waals surface area contributed by atoms with E-state index < -0.39 is 0 Å². The highest BCUT2D eigenvalue weighted by atomic mass is 16.1. The zero-order valence-corrected chi connectivity index (χ0v) is 13.6. The minimum Gasteiger partial charge on any atom is -0.310 e. The van der Waals surface area contributed by atoms with Crippen LogP contribution in [0.15, 0.2) is 41.3 Å². The summed E-state index contributed by atoms with van der Waals surface area (Å²) >= 11 is 0. The fraction of sp³-hybridized carbons (Fsp3) is 0.389. The van der Waals surface area contributed by atoms with Crippen LogP contribution in [0, 0.1) is 0 Å². The zero-order valence-electron chi connectivity index (χ0n) is 13.6. The fourth-order valence-electron chi connectivity index (χ4n) is 2.80. The Morgan fingerprint density at radius 2 is 2.04 bits per heavy atom. The third kappa shape index (κ3) is 3.33. The highest BCUT2D eigenvalue weighted by Gasteiger charge is 2.14.